The minimum absolute atomic E-state index is 0.0125. The van der Waals surface area contributed by atoms with Gasteiger partial charge >= 0.3 is 0 Å². The molecule has 6 heteroatoms. The van der Waals surface area contributed by atoms with E-state index in [1.54, 1.807) is 0 Å². The van der Waals surface area contributed by atoms with Crippen LogP contribution in [0.4, 0.5) is 0 Å². The summed E-state index contributed by atoms with van der Waals surface area (Å²) in [6.45, 7) is 3.21. The molecule has 2 aliphatic rings. The lowest BCUT2D eigenvalue weighted by Crippen LogP contribution is -2.35. The van der Waals surface area contributed by atoms with E-state index in [2.05, 4.69) is 31.1 Å². The Kier molecular flexibility index (Phi) is 4.98. The SMILES string of the molecule is O=C(NCCOC1CCNCC1)c1cc(Br)cn1C1CC1. The Morgan fingerprint density at radius 1 is 1.38 bits per heavy atom. The minimum atomic E-state index is -0.0125. The molecule has 116 valence electrons. The van der Waals surface area contributed by atoms with E-state index in [0.29, 0.717) is 25.3 Å². The molecule has 0 atom stereocenters. The van der Waals surface area contributed by atoms with Crippen LogP contribution in [0.1, 0.15) is 42.2 Å². The Morgan fingerprint density at radius 3 is 2.86 bits per heavy atom. The quantitative estimate of drug-likeness (QED) is 0.768. The van der Waals surface area contributed by atoms with Crippen LogP contribution in [0.3, 0.4) is 0 Å². The summed E-state index contributed by atoms with van der Waals surface area (Å²) < 4.78 is 8.83. The highest BCUT2D eigenvalue weighted by molar-refractivity contribution is 9.10. The first kappa shape index (κ1) is 15.1. The maximum atomic E-state index is 12.2. The number of piperidine rings is 1. The Balaban J connectivity index is 1.43. The highest BCUT2D eigenvalue weighted by Crippen LogP contribution is 2.37. The molecule has 0 aromatic carbocycles. The molecule has 1 aromatic heterocycles. The van der Waals surface area contributed by atoms with Crippen LogP contribution in [-0.4, -0.2) is 42.8 Å². The normalized spacial score (nSPS) is 19.7. The molecule has 1 aliphatic carbocycles. The van der Waals surface area contributed by atoms with Crippen molar-refractivity contribution in [1.82, 2.24) is 15.2 Å². The van der Waals surface area contributed by atoms with Crippen molar-refractivity contribution in [2.45, 2.75) is 37.8 Å². The van der Waals surface area contributed by atoms with Gasteiger partial charge in [-0.2, -0.15) is 0 Å². The summed E-state index contributed by atoms with van der Waals surface area (Å²) >= 11 is 3.45. The number of hydrogen-bond donors (Lipinski definition) is 2. The summed E-state index contributed by atoms with van der Waals surface area (Å²) in [5.74, 6) is -0.0125. The number of rotatable bonds is 6. The van der Waals surface area contributed by atoms with Gasteiger partial charge in [0.25, 0.3) is 5.91 Å². The maximum Gasteiger partial charge on any atom is 0.268 e. The summed E-state index contributed by atoms with van der Waals surface area (Å²) in [5.41, 5.74) is 0.742. The van der Waals surface area contributed by atoms with Crippen molar-refractivity contribution >= 4 is 21.8 Å². The molecule has 3 rings (SSSR count). The van der Waals surface area contributed by atoms with E-state index in [4.69, 9.17) is 4.74 Å². The number of aromatic nitrogens is 1. The van der Waals surface area contributed by atoms with Crippen molar-refractivity contribution in [3.05, 3.63) is 22.4 Å². The smallest absolute Gasteiger partial charge is 0.268 e. The third kappa shape index (κ3) is 4.08. The molecule has 2 fully saturated rings. The van der Waals surface area contributed by atoms with E-state index in [0.717, 1.165) is 36.1 Å². The zero-order valence-electron chi connectivity index (χ0n) is 12.1. The molecular formula is C15H22BrN3O2. The summed E-state index contributed by atoms with van der Waals surface area (Å²) in [6.07, 6.45) is 6.79. The topological polar surface area (TPSA) is 55.3 Å². The Morgan fingerprint density at radius 2 is 2.14 bits per heavy atom. The molecule has 1 saturated carbocycles. The van der Waals surface area contributed by atoms with E-state index in [1.165, 1.54) is 12.8 Å². The predicted molar refractivity (Wildman–Crippen MR) is 84.6 cm³/mol. The fourth-order valence-corrected chi connectivity index (χ4v) is 3.16. The summed E-state index contributed by atoms with van der Waals surface area (Å²) in [5, 5.41) is 6.27. The third-order valence-corrected chi connectivity index (χ3v) is 4.45. The Hall–Kier alpha value is -0.850. The fraction of sp³-hybridized carbons (Fsp3) is 0.667. The molecule has 0 bridgehead atoms. The number of nitrogens with one attached hydrogen (secondary N) is 2. The van der Waals surface area contributed by atoms with Crippen LogP contribution in [0.2, 0.25) is 0 Å². The van der Waals surface area contributed by atoms with Gasteiger partial charge in [-0.15, -0.1) is 0 Å². The zero-order chi connectivity index (χ0) is 14.7. The van der Waals surface area contributed by atoms with Gasteiger partial charge < -0.3 is 19.9 Å². The number of hydrogen-bond acceptors (Lipinski definition) is 3. The van der Waals surface area contributed by atoms with Gasteiger partial charge in [0.05, 0.1) is 12.7 Å². The van der Waals surface area contributed by atoms with Crippen molar-refractivity contribution < 1.29 is 9.53 Å². The lowest BCUT2D eigenvalue weighted by atomic mass is 10.1. The first-order valence-corrected chi connectivity index (χ1v) is 8.51. The molecule has 2 N–H and O–H groups in total. The Labute approximate surface area is 133 Å². The number of amides is 1. The van der Waals surface area contributed by atoms with Gasteiger partial charge in [-0.3, -0.25) is 4.79 Å². The van der Waals surface area contributed by atoms with Gasteiger partial charge in [-0.1, -0.05) is 0 Å². The molecule has 2 heterocycles. The molecule has 1 amide bonds. The van der Waals surface area contributed by atoms with Crippen molar-refractivity contribution in [2.75, 3.05) is 26.2 Å². The number of nitrogens with zero attached hydrogens (tertiary/aromatic N) is 1. The second kappa shape index (κ2) is 6.94. The maximum absolute atomic E-state index is 12.2. The first-order valence-electron chi connectivity index (χ1n) is 7.72. The van der Waals surface area contributed by atoms with E-state index in [-0.39, 0.29) is 5.91 Å². The van der Waals surface area contributed by atoms with Crippen LogP contribution >= 0.6 is 15.9 Å². The average molecular weight is 356 g/mol. The van der Waals surface area contributed by atoms with Crippen molar-refractivity contribution in [3.63, 3.8) is 0 Å². The molecule has 21 heavy (non-hydrogen) atoms. The highest BCUT2D eigenvalue weighted by atomic mass is 79.9. The lowest BCUT2D eigenvalue weighted by Gasteiger charge is -2.22. The monoisotopic (exact) mass is 355 g/mol. The predicted octanol–water partition coefficient (Wildman–Crippen LogP) is 2.08. The van der Waals surface area contributed by atoms with Crippen LogP contribution in [0.25, 0.3) is 0 Å². The largest absolute Gasteiger partial charge is 0.376 e. The summed E-state index contributed by atoms with van der Waals surface area (Å²) in [6, 6.07) is 2.39. The second-order valence-corrected chi connectivity index (χ2v) is 6.67. The lowest BCUT2D eigenvalue weighted by molar-refractivity contribution is 0.0343. The van der Waals surface area contributed by atoms with E-state index in [9.17, 15) is 4.79 Å². The van der Waals surface area contributed by atoms with Gasteiger partial charge in [0.2, 0.25) is 0 Å². The zero-order valence-corrected chi connectivity index (χ0v) is 13.7. The standard InChI is InChI=1S/C15H22BrN3O2/c16-11-9-14(19(10-11)12-1-2-12)15(20)18-7-8-21-13-3-5-17-6-4-13/h9-10,12-13,17H,1-8H2,(H,18,20). The molecule has 0 radical (unpaired) electrons. The van der Waals surface area contributed by atoms with Crippen molar-refractivity contribution in [1.29, 1.82) is 0 Å². The molecule has 0 spiro atoms. The van der Waals surface area contributed by atoms with Crippen LogP contribution < -0.4 is 10.6 Å². The molecule has 1 saturated heterocycles. The fourth-order valence-electron chi connectivity index (χ4n) is 2.73. The summed E-state index contributed by atoms with van der Waals surface area (Å²) in [7, 11) is 0. The molecular weight excluding hydrogens is 334 g/mol. The molecule has 0 unspecified atom stereocenters. The number of carbonyl (C=O) groups excluding carboxylic acids is 1. The number of halogens is 1. The summed E-state index contributed by atoms with van der Waals surface area (Å²) in [4.78, 5) is 12.2. The third-order valence-electron chi connectivity index (χ3n) is 4.02. The Bertz CT molecular complexity index is 493. The van der Waals surface area contributed by atoms with Gasteiger partial charge in [-0.05, 0) is 60.8 Å². The molecule has 1 aromatic rings. The van der Waals surface area contributed by atoms with Crippen molar-refractivity contribution in [3.8, 4) is 0 Å². The van der Waals surface area contributed by atoms with Gasteiger partial charge in [-0.25, -0.2) is 0 Å². The highest BCUT2D eigenvalue weighted by Gasteiger charge is 2.27. The second-order valence-electron chi connectivity index (χ2n) is 5.76. The number of ether oxygens (including phenoxy) is 1. The van der Waals surface area contributed by atoms with E-state index >= 15 is 0 Å². The van der Waals surface area contributed by atoms with Gasteiger partial charge in [0.1, 0.15) is 5.69 Å². The van der Waals surface area contributed by atoms with Crippen LogP contribution in [0.5, 0.6) is 0 Å². The van der Waals surface area contributed by atoms with Crippen LogP contribution in [-0.2, 0) is 4.74 Å². The van der Waals surface area contributed by atoms with Gasteiger partial charge in [0.15, 0.2) is 0 Å². The van der Waals surface area contributed by atoms with Gasteiger partial charge in [0, 0.05) is 23.3 Å². The van der Waals surface area contributed by atoms with E-state index in [1.807, 2.05) is 12.3 Å². The minimum Gasteiger partial charge on any atom is -0.376 e. The average Bonchev–Trinajstić information content (AvgIpc) is 3.27. The number of carbonyl (C=O) groups is 1. The van der Waals surface area contributed by atoms with Crippen LogP contribution in [0.15, 0.2) is 16.7 Å². The van der Waals surface area contributed by atoms with E-state index < -0.39 is 0 Å². The first-order chi connectivity index (χ1) is 10.2. The van der Waals surface area contributed by atoms with Crippen LogP contribution in [0, 0.1) is 0 Å². The molecule has 5 nitrogen and oxygen atoms in total. The van der Waals surface area contributed by atoms with Crippen molar-refractivity contribution in [2.24, 2.45) is 0 Å². The molecule has 1 aliphatic heterocycles.